The van der Waals surface area contributed by atoms with Crippen LogP contribution in [0.4, 0.5) is 4.79 Å². The molecule has 0 unspecified atom stereocenters. The first-order valence-electron chi connectivity index (χ1n) is 4.18. The van der Waals surface area contributed by atoms with Gasteiger partial charge in [0.1, 0.15) is 0 Å². The Morgan fingerprint density at radius 3 is 3.00 bits per heavy atom. The summed E-state index contributed by atoms with van der Waals surface area (Å²) >= 11 is 0. The lowest BCUT2D eigenvalue weighted by Gasteiger charge is -2.04. The summed E-state index contributed by atoms with van der Waals surface area (Å²) in [5, 5.41) is 12.7. The molecule has 0 aliphatic carbocycles. The molecule has 1 rings (SSSR count). The number of urea groups is 1. The maximum absolute atomic E-state index is 10.9. The van der Waals surface area contributed by atoms with Crippen LogP contribution in [0.5, 0.6) is 0 Å². The lowest BCUT2D eigenvalue weighted by atomic mass is 10.6. The van der Waals surface area contributed by atoms with E-state index in [0.29, 0.717) is 19.6 Å². The molecule has 0 aliphatic rings. The second kappa shape index (κ2) is 5.13. The lowest BCUT2D eigenvalue weighted by Crippen LogP contribution is -2.37. The zero-order chi connectivity index (χ0) is 9.52. The summed E-state index contributed by atoms with van der Waals surface area (Å²) in [6.07, 6.45) is 3.35. The molecular weight excluding hydrogens is 170 g/mol. The van der Waals surface area contributed by atoms with E-state index < -0.39 is 0 Å². The van der Waals surface area contributed by atoms with Crippen molar-refractivity contribution in [2.75, 3.05) is 13.1 Å². The summed E-state index contributed by atoms with van der Waals surface area (Å²) in [7, 11) is 0. The number of carbonyl (C=O) groups excluding carboxylic acids is 1. The SMILES string of the molecule is CCNC(=O)NCCn1ccnn1. The van der Waals surface area contributed by atoms with Crippen molar-refractivity contribution in [3.05, 3.63) is 12.4 Å². The van der Waals surface area contributed by atoms with Crippen LogP contribution >= 0.6 is 0 Å². The molecule has 1 heterocycles. The molecule has 0 saturated heterocycles. The monoisotopic (exact) mass is 183 g/mol. The number of hydrogen-bond donors (Lipinski definition) is 2. The fraction of sp³-hybridized carbons (Fsp3) is 0.571. The van der Waals surface area contributed by atoms with Crippen LogP contribution < -0.4 is 10.6 Å². The molecule has 1 aromatic rings. The molecule has 2 N–H and O–H groups in total. The van der Waals surface area contributed by atoms with Gasteiger partial charge in [-0.2, -0.15) is 0 Å². The van der Waals surface area contributed by atoms with Gasteiger partial charge in [0.15, 0.2) is 0 Å². The predicted octanol–water partition coefficient (Wildman–Crippen LogP) is -0.403. The molecule has 1 aromatic heterocycles. The Hall–Kier alpha value is -1.59. The molecule has 0 spiro atoms. The van der Waals surface area contributed by atoms with Gasteiger partial charge in [-0.25, -0.2) is 4.79 Å². The van der Waals surface area contributed by atoms with Crippen LogP contribution in [-0.4, -0.2) is 34.1 Å². The third-order valence-electron chi connectivity index (χ3n) is 1.44. The Labute approximate surface area is 76.3 Å². The Balaban J connectivity index is 2.11. The lowest BCUT2D eigenvalue weighted by molar-refractivity contribution is 0.241. The Morgan fingerprint density at radius 1 is 1.54 bits per heavy atom. The van der Waals surface area contributed by atoms with Crippen LogP contribution in [0, 0.1) is 0 Å². The van der Waals surface area contributed by atoms with Crippen molar-refractivity contribution >= 4 is 6.03 Å². The highest BCUT2D eigenvalue weighted by Gasteiger charge is 1.96. The van der Waals surface area contributed by atoms with Crippen LogP contribution in [0.2, 0.25) is 0 Å². The number of nitrogens with zero attached hydrogens (tertiary/aromatic N) is 3. The van der Waals surface area contributed by atoms with Gasteiger partial charge in [0.2, 0.25) is 0 Å². The molecule has 6 heteroatoms. The highest BCUT2D eigenvalue weighted by Crippen LogP contribution is 1.78. The normalized spacial score (nSPS) is 9.62. The van der Waals surface area contributed by atoms with Gasteiger partial charge in [-0.15, -0.1) is 5.10 Å². The zero-order valence-corrected chi connectivity index (χ0v) is 7.53. The van der Waals surface area contributed by atoms with Crippen molar-refractivity contribution in [2.24, 2.45) is 0 Å². The average Bonchev–Trinajstić information content (AvgIpc) is 2.57. The number of carbonyl (C=O) groups is 1. The van der Waals surface area contributed by atoms with Crippen LogP contribution in [0.3, 0.4) is 0 Å². The maximum Gasteiger partial charge on any atom is 0.314 e. The zero-order valence-electron chi connectivity index (χ0n) is 7.53. The molecule has 0 bridgehead atoms. The molecule has 2 amide bonds. The van der Waals surface area contributed by atoms with E-state index >= 15 is 0 Å². The minimum Gasteiger partial charge on any atom is -0.338 e. The molecule has 0 fully saturated rings. The van der Waals surface area contributed by atoms with Crippen LogP contribution in [0.25, 0.3) is 0 Å². The van der Waals surface area contributed by atoms with Crippen molar-refractivity contribution in [1.82, 2.24) is 25.6 Å². The van der Waals surface area contributed by atoms with Crippen LogP contribution in [0.1, 0.15) is 6.92 Å². The fourth-order valence-electron chi connectivity index (χ4n) is 0.859. The van der Waals surface area contributed by atoms with Crippen molar-refractivity contribution < 1.29 is 4.79 Å². The minimum atomic E-state index is -0.150. The van der Waals surface area contributed by atoms with E-state index in [9.17, 15) is 4.79 Å². The van der Waals surface area contributed by atoms with E-state index in [1.165, 1.54) is 0 Å². The molecule has 6 nitrogen and oxygen atoms in total. The quantitative estimate of drug-likeness (QED) is 0.667. The topological polar surface area (TPSA) is 71.8 Å². The Morgan fingerprint density at radius 2 is 2.38 bits per heavy atom. The summed E-state index contributed by atoms with van der Waals surface area (Å²) in [6, 6.07) is -0.150. The third-order valence-corrected chi connectivity index (χ3v) is 1.44. The Kier molecular flexibility index (Phi) is 3.74. The first-order valence-corrected chi connectivity index (χ1v) is 4.18. The van der Waals surface area contributed by atoms with Gasteiger partial charge in [0.05, 0.1) is 12.7 Å². The van der Waals surface area contributed by atoms with E-state index in [4.69, 9.17) is 0 Å². The first-order chi connectivity index (χ1) is 6.33. The summed E-state index contributed by atoms with van der Waals surface area (Å²) in [5.41, 5.74) is 0. The number of hydrogen-bond acceptors (Lipinski definition) is 3. The average molecular weight is 183 g/mol. The van der Waals surface area contributed by atoms with Crippen LogP contribution in [0.15, 0.2) is 12.4 Å². The van der Waals surface area contributed by atoms with Gasteiger partial charge in [0.25, 0.3) is 0 Å². The smallest absolute Gasteiger partial charge is 0.314 e. The predicted molar refractivity (Wildman–Crippen MR) is 47.1 cm³/mol. The molecule has 0 saturated carbocycles. The largest absolute Gasteiger partial charge is 0.338 e. The number of aromatic nitrogens is 3. The number of nitrogens with one attached hydrogen (secondary N) is 2. The molecule has 72 valence electrons. The van der Waals surface area contributed by atoms with Gasteiger partial charge in [-0.3, -0.25) is 4.68 Å². The molecule has 0 radical (unpaired) electrons. The highest BCUT2D eigenvalue weighted by molar-refractivity contribution is 5.73. The van der Waals surface area contributed by atoms with Crippen molar-refractivity contribution in [2.45, 2.75) is 13.5 Å². The summed E-state index contributed by atoms with van der Waals surface area (Å²) in [4.78, 5) is 10.9. The van der Waals surface area contributed by atoms with E-state index in [1.807, 2.05) is 6.92 Å². The first kappa shape index (κ1) is 9.50. The molecular formula is C7H13N5O. The second-order valence-corrected chi connectivity index (χ2v) is 2.45. The van der Waals surface area contributed by atoms with E-state index in [1.54, 1.807) is 17.1 Å². The van der Waals surface area contributed by atoms with E-state index in [-0.39, 0.29) is 6.03 Å². The third kappa shape index (κ3) is 3.55. The standard InChI is InChI=1S/C7H13N5O/c1-2-8-7(13)9-3-5-12-6-4-10-11-12/h4,6H,2-3,5H2,1H3,(H2,8,9,13). The van der Waals surface area contributed by atoms with E-state index in [0.717, 1.165) is 0 Å². The second-order valence-electron chi connectivity index (χ2n) is 2.45. The fourth-order valence-corrected chi connectivity index (χ4v) is 0.859. The van der Waals surface area contributed by atoms with Gasteiger partial charge >= 0.3 is 6.03 Å². The highest BCUT2D eigenvalue weighted by atomic mass is 16.2. The molecule has 13 heavy (non-hydrogen) atoms. The Bertz CT molecular complexity index is 245. The summed E-state index contributed by atoms with van der Waals surface area (Å²) in [6.45, 7) is 3.69. The molecule has 0 aliphatic heterocycles. The summed E-state index contributed by atoms with van der Waals surface area (Å²) < 4.78 is 1.66. The van der Waals surface area contributed by atoms with Crippen LogP contribution in [-0.2, 0) is 6.54 Å². The van der Waals surface area contributed by atoms with Gasteiger partial charge in [0, 0.05) is 19.3 Å². The minimum absolute atomic E-state index is 0.150. The number of rotatable bonds is 4. The number of amides is 2. The van der Waals surface area contributed by atoms with Crippen molar-refractivity contribution in [1.29, 1.82) is 0 Å². The van der Waals surface area contributed by atoms with Gasteiger partial charge < -0.3 is 10.6 Å². The molecule has 0 atom stereocenters. The van der Waals surface area contributed by atoms with Gasteiger partial charge in [-0.05, 0) is 6.92 Å². The van der Waals surface area contributed by atoms with Crippen molar-refractivity contribution in [3.8, 4) is 0 Å². The van der Waals surface area contributed by atoms with E-state index in [2.05, 4.69) is 20.9 Å². The molecule has 0 aromatic carbocycles. The van der Waals surface area contributed by atoms with Crippen molar-refractivity contribution in [3.63, 3.8) is 0 Å². The van der Waals surface area contributed by atoms with Gasteiger partial charge in [-0.1, -0.05) is 5.21 Å². The maximum atomic E-state index is 10.9. The summed E-state index contributed by atoms with van der Waals surface area (Å²) in [5.74, 6) is 0.